The minimum Gasteiger partial charge on any atom is -0.503 e. The van der Waals surface area contributed by atoms with Crippen molar-refractivity contribution in [1.82, 2.24) is 19.0 Å². The predicted molar refractivity (Wildman–Crippen MR) is 196 cm³/mol. The summed E-state index contributed by atoms with van der Waals surface area (Å²) in [6.45, 7) is 4.33. The molecule has 0 N–H and O–H groups in total. The number of benzene rings is 5. The van der Waals surface area contributed by atoms with Crippen LogP contribution in [0.25, 0.3) is 61.0 Å². The van der Waals surface area contributed by atoms with E-state index in [1.807, 2.05) is 48.8 Å². The minimum atomic E-state index is -0.0190. The van der Waals surface area contributed by atoms with Crippen LogP contribution in [0.4, 0.5) is 5.69 Å². The first-order valence-electron chi connectivity index (χ1n) is 16.3. The molecule has 9 heteroatoms. The zero-order chi connectivity index (χ0) is 32.8. The Labute approximate surface area is 303 Å². The maximum Gasteiger partial charge on any atom is 2.00 e. The van der Waals surface area contributed by atoms with E-state index < -0.39 is 0 Å². The van der Waals surface area contributed by atoms with Crippen LogP contribution in [0.1, 0.15) is 11.1 Å². The van der Waals surface area contributed by atoms with Gasteiger partial charge in [0.25, 0.3) is 0 Å². The van der Waals surface area contributed by atoms with Gasteiger partial charge in [-0.15, -0.1) is 23.6 Å². The van der Waals surface area contributed by atoms with Crippen molar-refractivity contribution in [2.45, 2.75) is 13.8 Å². The van der Waals surface area contributed by atoms with Gasteiger partial charge >= 0.3 is 28.0 Å². The number of ether oxygens (including phenoxy) is 1. The number of para-hydroxylation sites is 2. The van der Waals surface area contributed by atoms with E-state index in [2.05, 4.69) is 108 Å². The van der Waals surface area contributed by atoms with Crippen molar-refractivity contribution in [3.63, 3.8) is 0 Å². The molecule has 9 aromatic rings. The first kappa shape index (κ1) is 30.5. The van der Waals surface area contributed by atoms with Crippen LogP contribution in [-0.4, -0.2) is 33.0 Å². The SMILES string of the molecule is Cc1cccc(C)c1B1N(C)c2ccc(Oc3[c-]c4c(cc3)c3ccccc3n4-c3nccc4oc5ccccc5c34)[c-]c2-c2nccn21.[Pt+2]. The number of aromatic nitrogens is 4. The molecular formula is C41H28BN5O2Pt. The number of hydrogen-bond acceptors (Lipinski definition) is 5. The van der Waals surface area contributed by atoms with Crippen LogP contribution in [0, 0.1) is 26.0 Å². The van der Waals surface area contributed by atoms with Gasteiger partial charge in [-0.25, -0.2) is 4.98 Å². The second kappa shape index (κ2) is 11.5. The Hall–Kier alpha value is -5.59. The molecule has 0 bridgehead atoms. The van der Waals surface area contributed by atoms with Gasteiger partial charge in [-0.2, -0.15) is 6.07 Å². The molecule has 50 heavy (non-hydrogen) atoms. The third-order valence-electron chi connectivity index (χ3n) is 9.86. The van der Waals surface area contributed by atoms with Crippen LogP contribution in [0.3, 0.4) is 0 Å². The quantitative estimate of drug-likeness (QED) is 0.131. The normalized spacial score (nSPS) is 12.5. The molecule has 0 fully saturated rings. The average molecular weight is 829 g/mol. The molecule has 10 rings (SSSR count). The number of furan rings is 1. The molecule has 1 aliphatic rings. The van der Waals surface area contributed by atoms with Crippen LogP contribution in [0.15, 0.2) is 120 Å². The summed E-state index contributed by atoms with van der Waals surface area (Å²) >= 11 is 0. The molecule has 0 amide bonds. The first-order chi connectivity index (χ1) is 24.0. The number of rotatable bonds is 4. The van der Waals surface area contributed by atoms with E-state index in [9.17, 15) is 0 Å². The minimum absolute atomic E-state index is 0. The average Bonchev–Trinajstić information content (AvgIpc) is 3.84. The van der Waals surface area contributed by atoms with E-state index in [0.717, 1.165) is 66.6 Å². The Morgan fingerprint density at radius 1 is 0.720 bits per heavy atom. The van der Waals surface area contributed by atoms with E-state index in [0.29, 0.717) is 11.5 Å². The number of fused-ring (bicyclic) bond motifs is 9. The zero-order valence-corrected chi connectivity index (χ0v) is 29.7. The molecule has 5 aromatic carbocycles. The standard InChI is InChI=1S/C41H28BN5O2.Pt/c1-25-9-8-10-26(2)39(25)42-45(3)33-18-16-27(23-32(33)40-44-21-22-46(40)42)48-28-15-17-30-29-11-4-6-13-34(29)47(35(30)24-28)41-38-31-12-5-7-14-36(31)49-37(38)19-20-43-41;/h4-22H,1-3H3;/q-2;+2. The Morgan fingerprint density at radius 2 is 1.48 bits per heavy atom. The monoisotopic (exact) mass is 828 g/mol. The third-order valence-corrected chi connectivity index (χ3v) is 9.86. The van der Waals surface area contributed by atoms with E-state index in [1.54, 1.807) is 6.20 Å². The van der Waals surface area contributed by atoms with Crippen molar-refractivity contribution in [2.24, 2.45) is 0 Å². The smallest absolute Gasteiger partial charge is 0.503 e. The number of nitrogens with zero attached hydrogens (tertiary/aromatic N) is 5. The fraction of sp³-hybridized carbons (Fsp3) is 0.0732. The fourth-order valence-electron chi connectivity index (χ4n) is 7.67. The van der Waals surface area contributed by atoms with Gasteiger partial charge in [0.05, 0.1) is 5.39 Å². The summed E-state index contributed by atoms with van der Waals surface area (Å²) in [7, 11) is 2.13. The van der Waals surface area contributed by atoms with Crippen LogP contribution >= 0.6 is 0 Å². The summed E-state index contributed by atoms with van der Waals surface area (Å²) in [5.41, 5.74) is 9.24. The summed E-state index contributed by atoms with van der Waals surface area (Å²) in [6.07, 6.45) is 5.71. The Morgan fingerprint density at radius 3 is 2.34 bits per heavy atom. The van der Waals surface area contributed by atoms with Crippen LogP contribution in [0.5, 0.6) is 11.5 Å². The Balaban J connectivity index is 0.00000336. The second-order valence-corrected chi connectivity index (χ2v) is 12.7. The van der Waals surface area contributed by atoms with Crippen molar-refractivity contribution in [2.75, 3.05) is 11.9 Å². The third kappa shape index (κ3) is 4.41. The molecule has 242 valence electrons. The molecule has 0 unspecified atom stereocenters. The van der Waals surface area contributed by atoms with E-state index >= 15 is 0 Å². The molecule has 4 aromatic heterocycles. The van der Waals surface area contributed by atoms with E-state index in [1.165, 1.54) is 16.6 Å². The maximum atomic E-state index is 6.54. The molecule has 0 saturated heterocycles. The van der Waals surface area contributed by atoms with Crippen molar-refractivity contribution in [3.8, 4) is 28.7 Å². The van der Waals surface area contributed by atoms with Gasteiger partial charge in [0.1, 0.15) is 17.0 Å². The van der Waals surface area contributed by atoms with Crippen molar-refractivity contribution >= 4 is 61.9 Å². The van der Waals surface area contributed by atoms with Crippen molar-refractivity contribution in [1.29, 1.82) is 0 Å². The first-order valence-corrected chi connectivity index (χ1v) is 16.3. The molecule has 0 atom stereocenters. The van der Waals surface area contributed by atoms with Gasteiger partial charge in [-0.1, -0.05) is 94.6 Å². The number of hydrogen-bond donors (Lipinski definition) is 0. The summed E-state index contributed by atoms with van der Waals surface area (Å²) in [6, 6.07) is 40.1. The van der Waals surface area contributed by atoms with Crippen molar-refractivity contribution in [3.05, 3.63) is 139 Å². The second-order valence-electron chi connectivity index (χ2n) is 12.7. The van der Waals surface area contributed by atoms with Gasteiger partial charge in [-0.05, 0) is 49.9 Å². The largest absolute Gasteiger partial charge is 2.00 e. The fourth-order valence-corrected chi connectivity index (χ4v) is 7.67. The molecule has 0 aliphatic carbocycles. The number of pyridine rings is 1. The Bertz CT molecular complexity index is 2760. The summed E-state index contributed by atoms with van der Waals surface area (Å²) in [5.74, 6) is 2.82. The van der Waals surface area contributed by atoms with Gasteiger partial charge < -0.3 is 23.0 Å². The Kier molecular flexibility index (Phi) is 7.01. The molecule has 0 radical (unpaired) electrons. The van der Waals surface area contributed by atoms with Gasteiger partial charge in [0, 0.05) is 46.8 Å². The molecule has 7 nitrogen and oxygen atoms in total. The summed E-state index contributed by atoms with van der Waals surface area (Å²) < 4.78 is 17.2. The van der Waals surface area contributed by atoms with Crippen LogP contribution in [0.2, 0.25) is 0 Å². The molecular weight excluding hydrogens is 800 g/mol. The predicted octanol–water partition coefficient (Wildman–Crippen LogP) is 8.64. The number of aryl methyl sites for hydroxylation is 2. The molecule has 0 spiro atoms. The topological polar surface area (TPSA) is 61.2 Å². The zero-order valence-electron chi connectivity index (χ0n) is 27.4. The maximum absolute atomic E-state index is 6.54. The number of imidazole rings is 1. The van der Waals surface area contributed by atoms with Crippen LogP contribution < -0.4 is 15.0 Å². The van der Waals surface area contributed by atoms with Crippen molar-refractivity contribution < 1.29 is 30.2 Å². The summed E-state index contributed by atoms with van der Waals surface area (Å²) in [5, 5.41) is 4.15. The van der Waals surface area contributed by atoms with E-state index in [-0.39, 0.29) is 28.0 Å². The molecule has 0 saturated carbocycles. The summed E-state index contributed by atoms with van der Waals surface area (Å²) in [4.78, 5) is 12.0. The molecule has 5 heterocycles. The van der Waals surface area contributed by atoms with Gasteiger partial charge in [0.2, 0.25) is 0 Å². The number of anilines is 1. The molecule has 1 aliphatic heterocycles. The van der Waals surface area contributed by atoms with Gasteiger partial charge in [-0.3, -0.25) is 4.98 Å². The van der Waals surface area contributed by atoms with E-state index in [4.69, 9.17) is 19.1 Å². The van der Waals surface area contributed by atoms with Gasteiger partial charge in [0.15, 0.2) is 0 Å². The van der Waals surface area contributed by atoms with Crippen LogP contribution in [-0.2, 0) is 21.1 Å².